The molecule has 2 aromatic carbocycles. The SMILES string of the molecule is Cc1ccc(OCCC(=O)OCC(=O)Nc2ccc([N+](=O)[O-])cc2C#N)cc1. The van der Waals surface area contributed by atoms with Crippen LogP contribution in [0, 0.1) is 28.4 Å². The summed E-state index contributed by atoms with van der Waals surface area (Å²) in [4.78, 5) is 33.6. The summed E-state index contributed by atoms with van der Waals surface area (Å²) in [6, 6.07) is 12.5. The Bertz CT molecular complexity index is 918. The quantitative estimate of drug-likeness (QED) is 0.421. The molecule has 9 heteroatoms. The van der Waals surface area contributed by atoms with E-state index in [0.29, 0.717) is 5.75 Å². The van der Waals surface area contributed by atoms with Crippen LogP contribution in [0.5, 0.6) is 5.75 Å². The minimum absolute atomic E-state index is 0.0395. The topological polar surface area (TPSA) is 132 Å². The molecule has 0 aliphatic carbocycles. The number of benzene rings is 2. The largest absolute Gasteiger partial charge is 0.493 e. The lowest BCUT2D eigenvalue weighted by Gasteiger charge is -2.09. The molecule has 0 aromatic heterocycles. The Hall–Kier alpha value is -3.93. The Morgan fingerprint density at radius 3 is 2.57 bits per heavy atom. The Morgan fingerprint density at radius 1 is 1.21 bits per heavy atom. The van der Waals surface area contributed by atoms with Gasteiger partial charge < -0.3 is 14.8 Å². The van der Waals surface area contributed by atoms with Crippen molar-refractivity contribution in [3.8, 4) is 11.8 Å². The summed E-state index contributed by atoms with van der Waals surface area (Å²) in [5.41, 5.74) is 0.845. The molecule has 1 amide bonds. The molecule has 0 saturated heterocycles. The van der Waals surface area contributed by atoms with E-state index in [1.807, 2.05) is 19.1 Å². The molecular weight excluding hydrogens is 366 g/mol. The fraction of sp³-hybridized carbons (Fsp3) is 0.211. The summed E-state index contributed by atoms with van der Waals surface area (Å²) in [7, 11) is 0. The van der Waals surface area contributed by atoms with Crippen LogP contribution in [0.1, 0.15) is 17.5 Å². The molecule has 0 fully saturated rings. The Kier molecular flexibility index (Phi) is 7.05. The lowest BCUT2D eigenvalue weighted by Crippen LogP contribution is -2.22. The van der Waals surface area contributed by atoms with Gasteiger partial charge in [-0.25, -0.2) is 0 Å². The highest BCUT2D eigenvalue weighted by Crippen LogP contribution is 2.21. The molecule has 2 rings (SSSR count). The zero-order valence-corrected chi connectivity index (χ0v) is 15.0. The standard InChI is InChI=1S/C19H17N3O6/c1-13-2-5-16(6-3-13)27-9-8-19(24)28-12-18(23)21-17-7-4-15(22(25)26)10-14(17)11-20/h2-7,10H,8-9,12H2,1H3,(H,21,23). The van der Waals surface area contributed by atoms with Crippen molar-refractivity contribution >= 4 is 23.3 Å². The van der Waals surface area contributed by atoms with Crippen molar-refractivity contribution in [1.29, 1.82) is 5.26 Å². The van der Waals surface area contributed by atoms with Gasteiger partial charge in [-0.2, -0.15) is 5.26 Å². The maximum atomic E-state index is 11.9. The molecule has 9 nitrogen and oxygen atoms in total. The number of carbonyl (C=O) groups excluding carboxylic acids is 2. The number of nitrogens with one attached hydrogen (secondary N) is 1. The van der Waals surface area contributed by atoms with Gasteiger partial charge in [0, 0.05) is 12.1 Å². The molecule has 1 N–H and O–H groups in total. The number of ether oxygens (including phenoxy) is 2. The number of nitro benzene ring substituents is 1. The number of nitriles is 1. The molecule has 0 spiro atoms. The number of hydrogen-bond acceptors (Lipinski definition) is 7. The van der Waals surface area contributed by atoms with E-state index in [-0.39, 0.29) is 30.0 Å². The maximum Gasteiger partial charge on any atom is 0.309 e. The Labute approximate surface area is 160 Å². The van der Waals surface area contributed by atoms with Crippen molar-refractivity contribution in [2.75, 3.05) is 18.5 Å². The number of nitro groups is 1. The molecule has 0 aliphatic heterocycles. The van der Waals surface area contributed by atoms with Crippen molar-refractivity contribution in [2.24, 2.45) is 0 Å². The Balaban J connectivity index is 1.77. The number of esters is 1. The van der Waals surface area contributed by atoms with Gasteiger partial charge in [-0.3, -0.25) is 19.7 Å². The highest BCUT2D eigenvalue weighted by molar-refractivity contribution is 5.94. The van der Waals surface area contributed by atoms with Gasteiger partial charge in [-0.15, -0.1) is 0 Å². The van der Waals surface area contributed by atoms with Crippen LogP contribution >= 0.6 is 0 Å². The molecule has 0 radical (unpaired) electrons. The fourth-order valence-corrected chi connectivity index (χ4v) is 2.14. The third kappa shape index (κ3) is 6.10. The van der Waals surface area contributed by atoms with Crippen molar-refractivity contribution in [3.05, 3.63) is 63.7 Å². The normalized spacial score (nSPS) is 9.86. The summed E-state index contributed by atoms with van der Waals surface area (Å²) in [6.45, 7) is 1.50. The number of hydrogen-bond donors (Lipinski definition) is 1. The first kappa shape index (κ1) is 20.4. The van der Waals surface area contributed by atoms with E-state index in [9.17, 15) is 19.7 Å². The van der Waals surface area contributed by atoms with Gasteiger partial charge in [0.15, 0.2) is 6.61 Å². The third-order valence-electron chi connectivity index (χ3n) is 3.57. The van der Waals surface area contributed by atoms with Gasteiger partial charge in [0.2, 0.25) is 0 Å². The van der Waals surface area contributed by atoms with Crippen LogP contribution in [0.25, 0.3) is 0 Å². The van der Waals surface area contributed by atoms with Crippen LogP contribution in [0.2, 0.25) is 0 Å². The molecule has 0 aliphatic rings. The molecule has 0 unspecified atom stereocenters. The van der Waals surface area contributed by atoms with E-state index in [1.54, 1.807) is 18.2 Å². The molecule has 0 atom stereocenters. The number of non-ortho nitro benzene ring substituents is 1. The molecule has 2 aromatic rings. The fourth-order valence-electron chi connectivity index (χ4n) is 2.14. The van der Waals surface area contributed by atoms with Crippen LogP contribution in [0.4, 0.5) is 11.4 Å². The number of nitrogens with zero attached hydrogens (tertiary/aromatic N) is 2. The number of aryl methyl sites for hydroxylation is 1. The number of carbonyl (C=O) groups is 2. The molecule has 28 heavy (non-hydrogen) atoms. The highest BCUT2D eigenvalue weighted by Gasteiger charge is 2.14. The van der Waals surface area contributed by atoms with E-state index in [1.165, 1.54) is 6.07 Å². The van der Waals surface area contributed by atoms with Gasteiger partial charge in [-0.05, 0) is 25.1 Å². The highest BCUT2D eigenvalue weighted by atomic mass is 16.6. The van der Waals surface area contributed by atoms with Crippen LogP contribution in [-0.2, 0) is 14.3 Å². The van der Waals surface area contributed by atoms with Crippen LogP contribution in [0.3, 0.4) is 0 Å². The average Bonchev–Trinajstić information content (AvgIpc) is 2.68. The van der Waals surface area contributed by atoms with E-state index in [4.69, 9.17) is 14.7 Å². The lowest BCUT2D eigenvalue weighted by molar-refractivity contribution is -0.384. The molecule has 0 heterocycles. The molecular formula is C19H17N3O6. The minimum atomic E-state index is -0.668. The second-order valence-electron chi connectivity index (χ2n) is 5.72. The monoisotopic (exact) mass is 383 g/mol. The van der Waals surface area contributed by atoms with Gasteiger partial charge >= 0.3 is 5.97 Å². The summed E-state index contributed by atoms with van der Waals surface area (Å²) in [5.74, 6) is -0.664. The predicted molar refractivity (Wildman–Crippen MR) is 98.7 cm³/mol. The average molecular weight is 383 g/mol. The zero-order chi connectivity index (χ0) is 20.5. The molecule has 0 bridgehead atoms. The van der Waals surface area contributed by atoms with Crippen molar-refractivity contribution < 1.29 is 24.0 Å². The van der Waals surface area contributed by atoms with Crippen LogP contribution < -0.4 is 10.1 Å². The smallest absolute Gasteiger partial charge is 0.309 e. The first-order chi connectivity index (χ1) is 13.4. The number of anilines is 1. The summed E-state index contributed by atoms with van der Waals surface area (Å²) < 4.78 is 10.2. The number of amides is 1. The van der Waals surface area contributed by atoms with Crippen LogP contribution in [0.15, 0.2) is 42.5 Å². The van der Waals surface area contributed by atoms with Gasteiger partial charge in [0.05, 0.1) is 29.2 Å². The molecule has 144 valence electrons. The number of rotatable bonds is 8. The maximum absolute atomic E-state index is 11.9. The second kappa shape index (κ2) is 9.68. The summed E-state index contributed by atoms with van der Waals surface area (Å²) in [6.07, 6.45) is -0.0395. The summed E-state index contributed by atoms with van der Waals surface area (Å²) >= 11 is 0. The first-order valence-electron chi connectivity index (χ1n) is 8.22. The summed E-state index contributed by atoms with van der Waals surface area (Å²) in [5, 5.41) is 22.1. The van der Waals surface area contributed by atoms with Gasteiger partial charge in [-0.1, -0.05) is 17.7 Å². The van der Waals surface area contributed by atoms with Crippen LogP contribution in [-0.4, -0.2) is 30.0 Å². The van der Waals surface area contributed by atoms with Crippen molar-refractivity contribution in [2.45, 2.75) is 13.3 Å². The zero-order valence-electron chi connectivity index (χ0n) is 15.0. The first-order valence-corrected chi connectivity index (χ1v) is 8.22. The van der Waals surface area contributed by atoms with E-state index in [2.05, 4.69) is 5.32 Å². The van der Waals surface area contributed by atoms with Gasteiger partial charge in [0.1, 0.15) is 11.8 Å². The molecule has 0 saturated carbocycles. The van der Waals surface area contributed by atoms with Crippen molar-refractivity contribution in [1.82, 2.24) is 0 Å². The van der Waals surface area contributed by atoms with Crippen molar-refractivity contribution in [3.63, 3.8) is 0 Å². The Morgan fingerprint density at radius 2 is 1.93 bits per heavy atom. The lowest BCUT2D eigenvalue weighted by atomic mass is 10.1. The predicted octanol–water partition coefficient (Wildman–Crippen LogP) is 2.73. The minimum Gasteiger partial charge on any atom is -0.493 e. The van der Waals surface area contributed by atoms with E-state index >= 15 is 0 Å². The second-order valence-corrected chi connectivity index (χ2v) is 5.72. The van der Waals surface area contributed by atoms with Gasteiger partial charge in [0.25, 0.3) is 11.6 Å². The third-order valence-corrected chi connectivity index (χ3v) is 3.57. The van der Waals surface area contributed by atoms with E-state index < -0.39 is 23.4 Å². The van der Waals surface area contributed by atoms with E-state index in [0.717, 1.165) is 17.7 Å².